The molecule has 0 aliphatic rings. The van der Waals surface area contributed by atoms with Crippen LogP contribution >= 0.6 is 0 Å². The standard InChI is InChI=1S/C16H15F2N3/c1-2-21-15-6-3-10(9-19)7-14(15)20-16(21)12-8-11(17)4-5-13(12)18/h3-8H,2,9,19H2,1H3. The van der Waals surface area contributed by atoms with Crippen LogP contribution in [-0.2, 0) is 13.1 Å². The molecule has 2 N–H and O–H groups in total. The van der Waals surface area contributed by atoms with Crippen LogP contribution in [0.3, 0.4) is 0 Å². The van der Waals surface area contributed by atoms with Gasteiger partial charge in [-0.2, -0.15) is 0 Å². The van der Waals surface area contributed by atoms with Crippen molar-refractivity contribution in [1.29, 1.82) is 0 Å². The smallest absolute Gasteiger partial charge is 0.144 e. The molecule has 0 atom stereocenters. The van der Waals surface area contributed by atoms with E-state index >= 15 is 0 Å². The molecule has 0 fully saturated rings. The lowest BCUT2D eigenvalue weighted by atomic mass is 10.2. The molecule has 0 aliphatic carbocycles. The molecule has 0 aliphatic heterocycles. The molecule has 0 amide bonds. The van der Waals surface area contributed by atoms with E-state index in [2.05, 4.69) is 4.98 Å². The monoisotopic (exact) mass is 287 g/mol. The lowest BCUT2D eigenvalue weighted by Crippen LogP contribution is -2.00. The van der Waals surface area contributed by atoms with Gasteiger partial charge in [-0.3, -0.25) is 0 Å². The number of halogens is 2. The van der Waals surface area contributed by atoms with Crippen molar-refractivity contribution < 1.29 is 8.78 Å². The second-order valence-corrected chi connectivity index (χ2v) is 4.83. The molecule has 0 bridgehead atoms. The Labute approximate surface area is 121 Å². The molecular formula is C16H15F2N3. The molecule has 108 valence electrons. The first-order valence-corrected chi connectivity index (χ1v) is 6.78. The summed E-state index contributed by atoms with van der Waals surface area (Å²) in [6.45, 7) is 2.97. The molecule has 0 spiro atoms. The highest BCUT2D eigenvalue weighted by Crippen LogP contribution is 2.28. The first kappa shape index (κ1) is 13.7. The molecule has 0 saturated heterocycles. The van der Waals surface area contributed by atoms with Gasteiger partial charge in [-0.25, -0.2) is 13.8 Å². The molecule has 5 heteroatoms. The molecule has 0 saturated carbocycles. The maximum atomic E-state index is 14.0. The number of aromatic nitrogens is 2. The topological polar surface area (TPSA) is 43.8 Å². The molecule has 0 radical (unpaired) electrons. The number of imidazole rings is 1. The molecule has 0 unspecified atom stereocenters. The summed E-state index contributed by atoms with van der Waals surface area (Å²) in [7, 11) is 0. The Hall–Kier alpha value is -2.27. The fraction of sp³-hybridized carbons (Fsp3) is 0.188. The van der Waals surface area contributed by atoms with E-state index in [1.165, 1.54) is 6.07 Å². The van der Waals surface area contributed by atoms with E-state index in [1.807, 2.05) is 29.7 Å². The minimum atomic E-state index is -0.486. The Morgan fingerprint density at radius 3 is 2.67 bits per heavy atom. The predicted octanol–water partition coefficient (Wildman–Crippen LogP) is 3.46. The number of rotatable bonds is 3. The quantitative estimate of drug-likeness (QED) is 0.801. The lowest BCUT2D eigenvalue weighted by Gasteiger charge is -2.07. The fourth-order valence-electron chi connectivity index (χ4n) is 2.50. The van der Waals surface area contributed by atoms with E-state index in [0.717, 1.165) is 28.7 Å². The average molecular weight is 287 g/mol. The largest absolute Gasteiger partial charge is 0.326 e. The molecule has 21 heavy (non-hydrogen) atoms. The summed E-state index contributed by atoms with van der Waals surface area (Å²) in [5.74, 6) is -0.539. The first-order chi connectivity index (χ1) is 10.1. The summed E-state index contributed by atoms with van der Waals surface area (Å²) in [4.78, 5) is 4.47. The van der Waals surface area contributed by atoms with Crippen LogP contribution in [0.2, 0.25) is 0 Å². The van der Waals surface area contributed by atoms with Crippen LogP contribution in [0.5, 0.6) is 0 Å². The van der Waals surface area contributed by atoms with Crippen molar-refractivity contribution >= 4 is 11.0 Å². The Kier molecular flexibility index (Phi) is 3.43. The molecular weight excluding hydrogens is 272 g/mol. The zero-order chi connectivity index (χ0) is 15.0. The van der Waals surface area contributed by atoms with E-state index in [0.29, 0.717) is 18.9 Å². The Morgan fingerprint density at radius 2 is 1.95 bits per heavy atom. The highest BCUT2D eigenvalue weighted by atomic mass is 19.1. The van der Waals surface area contributed by atoms with E-state index in [4.69, 9.17) is 5.73 Å². The van der Waals surface area contributed by atoms with Gasteiger partial charge in [0, 0.05) is 13.1 Å². The van der Waals surface area contributed by atoms with Crippen LogP contribution < -0.4 is 5.73 Å². The normalized spacial score (nSPS) is 11.2. The summed E-state index contributed by atoms with van der Waals surface area (Å²) < 4.78 is 29.3. The minimum Gasteiger partial charge on any atom is -0.326 e. The molecule has 3 nitrogen and oxygen atoms in total. The molecule has 3 rings (SSSR count). The number of nitrogens with two attached hydrogens (primary N) is 1. The Bertz CT molecular complexity index is 809. The molecule has 1 heterocycles. The van der Waals surface area contributed by atoms with Gasteiger partial charge < -0.3 is 10.3 Å². The van der Waals surface area contributed by atoms with Crippen LogP contribution in [0.25, 0.3) is 22.4 Å². The first-order valence-electron chi connectivity index (χ1n) is 6.78. The number of aryl methyl sites for hydroxylation is 1. The van der Waals surface area contributed by atoms with Gasteiger partial charge in [0.1, 0.15) is 17.5 Å². The van der Waals surface area contributed by atoms with E-state index in [1.54, 1.807) is 0 Å². The summed E-state index contributed by atoms with van der Waals surface area (Å²) in [6, 6.07) is 9.10. The molecule has 2 aromatic carbocycles. The van der Waals surface area contributed by atoms with Gasteiger partial charge in [0.2, 0.25) is 0 Å². The van der Waals surface area contributed by atoms with Crippen molar-refractivity contribution in [2.24, 2.45) is 5.73 Å². The number of nitrogens with zero attached hydrogens (tertiary/aromatic N) is 2. The number of benzene rings is 2. The molecule has 1 aromatic heterocycles. The maximum absolute atomic E-state index is 14.0. The minimum absolute atomic E-state index is 0.169. The second kappa shape index (κ2) is 5.26. The van der Waals surface area contributed by atoms with Crippen LogP contribution in [-0.4, -0.2) is 9.55 Å². The van der Waals surface area contributed by atoms with E-state index in [9.17, 15) is 8.78 Å². The fourth-order valence-corrected chi connectivity index (χ4v) is 2.50. The Balaban J connectivity index is 2.29. The van der Waals surface area contributed by atoms with Crippen LogP contribution in [0.1, 0.15) is 12.5 Å². The highest BCUT2D eigenvalue weighted by Gasteiger charge is 2.16. The molecule has 3 aromatic rings. The predicted molar refractivity (Wildman–Crippen MR) is 78.7 cm³/mol. The van der Waals surface area contributed by atoms with Crippen LogP contribution in [0, 0.1) is 11.6 Å². The second-order valence-electron chi connectivity index (χ2n) is 4.83. The maximum Gasteiger partial charge on any atom is 0.144 e. The number of fused-ring (bicyclic) bond motifs is 1. The van der Waals surface area contributed by atoms with Gasteiger partial charge in [-0.1, -0.05) is 6.07 Å². The zero-order valence-electron chi connectivity index (χ0n) is 11.6. The van der Waals surface area contributed by atoms with Gasteiger partial charge in [0.15, 0.2) is 0 Å². The zero-order valence-corrected chi connectivity index (χ0v) is 11.6. The van der Waals surface area contributed by atoms with E-state index in [-0.39, 0.29) is 5.56 Å². The van der Waals surface area contributed by atoms with Crippen molar-refractivity contribution in [3.63, 3.8) is 0 Å². The third-order valence-corrected chi connectivity index (χ3v) is 3.53. The van der Waals surface area contributed by atoms with Gasteiger partial charge >= 0.3 is 0 Å². The number of hydrogen-bond acceptors (Lipinski definition) is 2. The Morgan fingerprint density at radius 1 is 1.14 bits per heavy atom. The van der Waals surface area contributed by atoms with Gasteiger partial charge in [0.05, 0.1) is 16.6 Å². The third-order valence-electron chi connectivity index (χ3n) is 3.53. The highest BCUT2D eigenvalue weighted by molar-refractivity contribution is 5.81. The van der Waals surface area contributed by atoms with Crippen molar-refractivity contribution in [3.8, 4) is 11.4 Å². The third kappa shape index (κ3) is 2.29. The average Bonchev–Trinajstić information content (AvgIpc) is 2.86. The van der Waals surface area contributed by atoms with Gasteiger partial charge in [-0.05, 0) is 42.8 Å². The van der Waals surface area contributed by atoms with Crippen molar-refractivity contribution in [2.75, 3.05) is 0 Å². The van der Waals surface area contributed by atoms with Crippen LogP contribution in [0.4, 0.5) is 8.78 Å². The summed E-state index contributed by atoms with van der Waals surface area (Å²) in [5.41, 5.74) is 8.37. The van der Waals surface area contributed by atoms with Gasteiger partial charge in [0.25, 0.3) is 0 Å². The van der Waals surface area contributed by atoms with E-state index < -0.39 is 11.6 Å². The van der Waals surface area contributed by atoms with Crippen LogP contribution in [0.15, 0.2) is 36.4 Å². The SMILES string of the molecule is CCn1c(-c2cc(F)ccc2F)nc2cc(CN)ccc21. The summed E-state index contributed by atoms with van der Waals surface area (Å²) >= 11 is 0. The summed E-state index contributed by atoms with van der Waals surface area (Å²) in [6.07, 6.45) is 0. The summed E-state index contributed by atoms with van der Waals surface area (Å²) in [5, 5.41) is 0. The number of hydrogen-bond donors (Lipinski definition) is 1. The van der Waals surface area contributed by atoms with Crippen molar-refractivity contribution in [3.05, 3.63) is 53.6 Å². The van der Waals surface area contributed by atoms with Crippen molar-refractivity contribution in [2.45, 2.75) is 20.0 Å². The van der Waals surface area contributed by atoms with Crippen molar-refractivity contribution in [1.82, 2.24) is 9.55 Å². The van der Waals surface area contributed by atoms with Gasteiger partial charge in [-0.15, -0.1) is 0 Å². The lowest BCUT2D eigenvalue weighted by molar-refractivity contribution is 0.600.